The van der Waals surface area contributed by atoms with Crippen molar-refractivity contribution in [1.82, 2.24) is 20.1 Å². The lowest BCUT2D eigenvalue weighted by Gasteiger charge is -2.32. The molecular weight excluding hydrogens is 522 g/mol. The molecule has 1 aromatic heterocycles. The van der Waals surface area contributed by atoms with Crippen molar-refractivity contribution >= 4 is 41.3 Å². The normalized spacial score (nSPS) is 15.5. The van der Waals surface area contributed by atoms with Crippen LogP contribution in [0.3, 0.4) is 0 Å². The Labute approximate surface area is 239 Å². The lowest BCUT2D eigenvalue weighted by Crippen LogP contribution is -2.38. The summed E-state index contributed by atoms with van der Waals surface area (Å²) in [5, 5.41) is 5.66. The Hall–Kier alpha value is -4.60. The number of nitrogens with zero attached hydrogens (tertiary/aromatic N) is 3. The molecule has 0 spiro atoms. The molecule has 3 heterocycles. The average Bonchev–Trinajstić information content (AvgIpc) is 3.31. The van der Waals surface area contributed by atoms with Gasteiger partial charge >= 0.3 is 0 Å². The van der Waals surface area contributed by atoms with E-state index in [1.807, 2.05) is 17.0 Å². The third kappa shape index (κ3) is 8.96. The van der Waals surface area contributed by atoms with Crippen molar-refractivity contribution < 1.29 is 24.0 Å². The van der Waals surface area contributed by atoms with E-state index in [0.717, 1.165) is 42.6 Å². The second-order valence-electron chi connectivity index (χ2n) is 10.2. The maximum atomic E-state index is 13.1. The van der Waals surface area contributed by atoms with E-state index in [9.17, 15) is 24.0 Å². The van der Waals surface area contributed by atoms with Crippen LogP contribution in [0.4, 0.5) is 5.69 Å². The van der Waals surface area contributed by atoms with Gasteiger partial charge in [0.25, 0.3) is 17.7 Å². The first kappa shape index (κ1) is 29.4. The van der Waals surface area contributed by atoms with Gasteiger partial charge in [-0.3, -0.25) is 33.9 Å². The molecule has 1 fully saturated rings. The topological polar surface area (TPSA) is 129 Å². The summed E-state index contributed by atoms with van der Waals surface area (Å²) in [4.78, 5) is 67.6. The maximum Gasteiger partial charge on any atom is 0.253 e. The second-order valence-corrected chi connectivity index (χ2v) is 10.2. The number of amides is 5. The minimum atomic E-state index is -0.422. The van der Waals surface area contributed by atoms with Crippen molar-refractivity contribution in [3.05, 3.63) is 78.1 Å². The third-order valence-electron chi connectivity index (χ3n) is 7.21. The predicted molar refractivity (Wildman–Crippen MR) is 154 cm³/mol. The number of anilines is 1. The smallest absolute Gasteiger partial charge is 0.253 e. The molecule has 0 atom stereocenters. The molecule has 0 radical (unpaired) electrons. The number of aromatic nitrogens is 1. The Kier molecular flexibility index (Phi) is 10.5. The molecule has 5 amide bonds. The van der Waals surface area contributed by atoms with Gasteiger partial charge in [-0.2, -0.15) is 0 Å². The summed E-state index contributed by atoms with van der Waals surface area (Å²) in [6, 6.07) is 10.5. The van der Waals surface area contributed by atoms with Gasteiger partial charge in [-0.25, -0.2) is 0 Å². The van der Waals surface area contributed by atoms with Gasteiger partial charge in [0.1, 0.15) is 0 Å². The minimum Gasteiger partial charge on any atom is -0.353 e. The first-order valence-corrected chi connectivity index (χ1v) is 14.0. The number of imide groups is 1. The molecule has 1 saturated heterocycles. The molecule has 41 heavy (non-hydrogen) atoms. The van der Waals surface area contributed by atoms with Gasteiger partial charge in [0.2, 0.25) is 11.8 Å². The van der Waals surface area contributed by atoms with Gasteiger partial charge in [0.15, 0.2) is 0 Å². The fraction of sp³-hybridized carbons (Fsp3) is 0.355. The largest absolute Gasteiger partial charge is 0.353 e. The zero-order valence-electron chi connectivity index (χ0n) is 23.0. The summed E-state index contributed by atoms with van der Waals surface area (Å²) in [6.45, 7) is 2.00. The average molecular weight is 558 g/mol. The highest BCUT2D eigenvalue weighted by molar-refractivity contribution is 6.13. The first-order valence-electron chi connectivity index (χ1n) is 14.0. The zero-order chi connectivity index (χ0) is 29.0. The van der Waals surface area contributed by atoms with E-state index < -0.39 is 11.8 Å². The lowest BCUT2D eigenvalue weighted by atomic mass is 9.91. The predicted octanol–water partition coefficient (Wildman–Crippen LogP) is 3.19. The van der Waals surface area contributed by atoms with Crippen LogP contribution in [0.5, 0.6) is 0 Å². The molecule has 2 aliphatic heterocycles. The first-order chi connectivity index (χ1) is 19.9. The Bertz CT molecular complexity index is 1300. The highest BCUT2D eigenvalue weighted by Gasteiger charge is 2.25. The highest BCUT2D eigenvalue weighted by atomic mass is 16.2. The summed E-state index contributed by atoms with van der Waals surface area (Å²) in [5.74, 6) is -0.820. The Morgan fingerprint density at radius 1 is 1.00 bits per heavy atom. The van der Waals surface area contributed by atoms with Crippen LogP contribution in [0, 0.1) is 5.92 Å². The van der Waals surface area contributed by atoms with Crippen molar-refractivity contribution in [2.45, 2.75) is 38.5 Å². The van der Waals surface area contributed by atoms with Gasteiger partial charge < -0.3 is 15.5 Å². The monoisotopic (exact) mass is 557 g/mol. The number of pyridine rings is 1. The van der Waals surface area contributed by atoms with E-state index in [4.69, 9.17) is 0 Å². The van der Waals surface area contributed by atoms with Crippen molar-refractivity contribution in [1.29, 1.82) is 0 Å². The number of carbonyl (C=O) groups is 5. The Morgan fingerprint density at radius 3 is 2.51 bits per heavy atom. The van der Waals surface area contributed by atoms with Crippen LogP contribution in [0.15, 0.2) is 67.0 Å². The van der Waals surface area contributed by atoms with Crippen LogP contribution >= 0.6 is 0 Å². The molecule has 2 aliphatic rings. The standard InChI is InChI=1S/C31H35N5O5/c37-27(10-9-24-6-4-16-32-22-24)33-17-2-1-5-23-13-18-35(19-14-23)31(41)25-7-3-8-26(21-25)34-28(38)15-20-36-29(39)11-12-30(36)40/h3-4,6-12,16,21-23H,1-2,5,13-15,17-20H2,(H,33,37)(H,34,38)/b10-9+. The quantitative estimate of drug-likeness (QED) is 0.234. The number of carbonyl (C=O) groups excluding carboxylic acids is 5. The van der Waals surface area contributed by atoms with Crippen molar-refractivity contribution in [3.8, 4) is 0 Å². The van der Waals surface area contributed by atoms with Crippen LogP contribution in [0.1, 0.15) is 54.4 Å². The van der Waals surface area contributed by atoms with E-state index in [1.54, 1.807) is 42.7 Å². The molecule has 214 valence electrons. The van der Waals surface area contributed by atoms with Gasteiger partial charge in [-0.1, -0.05) is 25.0 Å². The third-order valence-corrected chi connectivity index (χ3v) is 7.21. The van der Waals surface area contributed by atoms with Crippen LogP contribution < -0.4 is 10.6 Å². The molecular formula is C31H35N5O5. The number of unbranched alkanes of at least 4 members (excludes halogenated alkanes) is 1. The highest BCUT2D eigenvalue weighted by Crippen LogP contribution is 2.24. The number of likely N-dealkylation sites (tertiary alicyclic amines) is 1. The summed E-state index contributed by atoms with van der Waals surface area (Å²) < 4.78 is 0. The number of benzene rings is 1. The molecule has 4 rings (SSSR count). The van der Waals surface area contributed by atoms with Crippen molar-refractivity contribution in [3.63, 3.8) is 0 Å². The van der Waals surface area contributed by atoms with Crippen LogP contribution in [0.2, 0.25) is 0 Å². The van der Waals surface area contributed by atoms with E-state index in [1.165, 1.54) is 18.2 Å². The van der Waals surface area contributed by atoms with Gasteiger partial charge in [-0.05, 0) is 61.1 Å². The lowest BCUT2D eigenvalue weighted by molar-refractivity contribution is -0.137. The molecule has 2 N–H and O–H groups in total. The van der Waals surface area contributed by atoms with E-state index >= 15 is 0 Å². The minimum absolute atomic E-state index is 0.00287. The van der Waals surface area contributed by atoms with E-state index in [-0.39, 0.29) is 30.7 Å². The second kappa shape index (κ2) is 14.7. The molecule has 10 heteroatoms. The van der Waals surface area contributed by atoms with E-state index in [0.29, 0.717) is 36.8 Å². The summed E-state index contributed by atoms with van der Waals surface area (Å²) >= 11 is 0. The summed E-state index contributed by atoms with van der Waals surface area (Å²) in [7, 11) is 0. The molecule has 0 unspecified atom stereocenters. The van der Waals surface area contributed by atoms with Crippen molar-refractivity contribution in [2.24, 2.45) is 5.92 Å². The van der Waals surface area contributed by atoms with Gasteiger partial charge in [0, 0.05) is 74.5 Å². The van der Waals surface area contributed by atoms with Crippen LogP contribution in [-0.4, -0.2) is 70.5 Å². The molecule has 0 saturated carbocycles. The SMILES string of the molecule is O=C(/C=C/c1cccnc1)NCCCCC1CCN(C(=O)c2cccc(NC(=O)CCN3C(=O)C=CC3=O)c2)CC1. The van der Waals surface area contributed by atoms with Gasteiger partial charge in [-0.15, -0.1) is 0 Å². The molecule has 10 nitrogen and oxygen atoms in total. The fourth-order valence-electron chi connectivity index (χ4n) is 4.90. The van der Waals surface area contributed by atoms with Crippen LogP contribution in [-0.2, 0) is 19.2 Å². The number of hydrogen-bond donors (Lipinski definition) is 2. The maximum absolute atomic E-state index is 13.1. The fourth-order valence-corrected chi connectivity index (χ4v) is 4.90. The summed E-state index contributed by atoms with van der Waals surface area (Å²) in [5.41, 5.74) is 1.88. The van der Waals surface area contributed by atoms with Crippen molar-refractivity contribution in [2.75, 3.05) is 31.5 Å². The number of hydrogen-bond acceptors (Lipinski definition) is 6. The zero-order valence-corrected chi connectivity index (χ0v) is 23.0. The van der Waals surface area contributed by atoms with E-state index in [2.05, 4.69) is 15.6 Å². The molecule has 2 aromatic rings. The summed E-state index contributed by atoms with van der Waals surface area (Å²) in [6.07, 6.45) is 13.9. The van der Waals surface area contributed by atoms with Gasteiger partial charge in [0.05, 0.1) is 0 Å². The van der Waals surface area contributed by atoms with Crippen LogP contribution in [0.25, 0.3) is 6.08 Å². The Morgan fingerprint density at radius 2 is 1.78 bits per heavy atom. The molecule has 0 bridgehead atoms. The number of piperidine rings is 1. The molecule has 1 aromatic carbocycles. The molecule has 0 aliphatic carbocycles. The number of nitrogens with one attached hydrogen (secondary N) is 2. The Balaban J connectivity index is 1.12. The number of rotatable bonds is 12.